The summed E-state index contributed by atoms with van der Waals surface area (Å²) in [5, 5.41) is 13.5. The minimum Gasteiger partial charge on any atom is -0.389 e. The van der Waals surface area contributed by atoms with Gasteiger partial charge < -0.3 is 15.3 Å². The highest BCUT2D eigenvalue weighted by Gasteiger charge is 2.27. The highest BCUT2D eigenvalue weighted by Crippen LogP contribution is 2.15. The second-order valence-corrected chi connectivity index (χ2v) is 5.14. The van der Waals surface area contributed by atoms with Gasteiger partial charge in [0, 0.05) is 19.1 Å². The second-order valence-electron chi connectivity index (χ2n) is 5.14. The highest BCUT2D eigenvalue weighted by molar-refractivity contribution is 4.85. The Balaban J connectivity index is 2.26. The number of nitrogens with zero attached hydrogens (tertiary/aromatic N) is 1. The summed E-state index contributed by atoms with van der Waals surface area (Å²) >= 11 is 0. The van der Waals surface area contributed by atoms with Crippen molar-refractivity contribution in [3.05, 3.63) is 0 Å². The molecule has 0 amide bonds. The maximum absolute atomic E-state index is 10.0. The van der Waals surface area contributed by atoms with Gasteiger partial charge in [-0.2, -0.15) is 0 Å². The van der Waals surface area contributed by atoms with Crippen molar-refractivity contribution in [2.45, 2.75) is 38.8 Å². The average Bonchev–Trinajstić information content (AvgIpc) is 2.48. The SMILES string of the molecule is CC(C)C(C)(O)CNC1CCN(C)C1. The van der Waals surface area contributed by atoms with Gasteiger partial charge in [0.1, 0.15) is 0 Å². The molecule has 1 saturated heterocycles. The van der Waals surface area contributed by atoms with Gasteiger partial charge >= 0.3 is 0 Å². The van der Waals surface area contributed by atoms with E-state index in [0.717, 1.165) is 6.54 Å². The first-order chi connectivity index (χ1) is 6.42. The van der Waals surface area contributed by atoms with E-state index in [1.54, 1.807) is 0 Å². The molecule has 14 heavy (non-hydrogen) atoms. The molecule has 0 saturated carbocycles. The molecule has 0 aromatic rings. The molecule has 0 spiro atoms. The van der Waals surface area contributed by atoms with Crippen LogP contribution in [0.15, 0.2) is 0 Å². The van der Waals surface area contributed by atoms with E-state index in [9.17, 15) is 5.11 Å². The van der Waals surface area contributed by atoms with Gasteiger partial charge in [0.2, 0.25) is 0 Å². The van der Waals surface area contributed by atoms with Crippen LogP contribution in [0.25, 0.3) is 0 Å². The fraction of sp³-hybridized carbons (Fsp3) is 1.00. The van der Waals surface area contributed by atoms with E-state index < -0.39 is 5.60 Å². The van der Waals surface area contributed by atoms with E-state index >= 15 is 0 Å². The molecule has 84 valence electrons. The third-order valence-corrected chi connectivity index (χ3v) is 3.38. The minimum absolute atomic E-state index is 0.300. The Bertz CT molecular complexity index is 180. The molecule has 3 nitrogen and oxygen atoms in total. The quantitative estimate of drug-likeness (QED) is 0.701. The van der Waals surface area contributed by atoms with Gasteiger partial charge in [0.25, 0.3) is 0 Å². The van der Waals surface area contributed by atoms with E-state index in [1.807, 2.05) is 6.92 Å². The lowest BCUT2D eigenvalue weighted by atomic mass is 9.92. The zero-order valence-corrected chi connectivity index (χ0v) is 9.88. The standard InChI is InChI=1S/C11H24N2O/c1-9(2)11(3,14)8-12-10-5-6-13(4)7-10/h9-10,12,14H,5-8H2,1-4H3. The topological polar surface area (TPSA) is 35.5 Å². The van der Waals surface area contributed by atoms with E-state index in [-0.39, 0.29) is 0 Å². The first-order valence-corrected chi connectivity index (χ1v) is 5.56. The smallest absolute Gasteiger partial charge is 0.0766 e. The van der Waals surface area contributed by atoms with Gasteiger partial charge in [-0.3, -0.25) is 0 Å². The third-order valence-electron chi connectivity index (χ3n) is 3.38. The maximum atomic E-state index is 10.0. The molecular formula is C11H24N2O. The zero-order chi connectivity index (χ0) is 10.8. The van der Waals surface area contributed by atoms with Crippen LogP contribution in [0.3, 0.4) is 0 Å². The van der Waals surface area contributed by atoms with Gasteiger partial charge in [0.05, 0.1) is 5.60 Å². The fourth-order valence-electron chi connectivity index (χ4n) is 1.66. The molecule has 1 aliphatic rings. The number of hydrogen-bond donors (Lipinski definition) is 2. The fourth-order valence-corrected chi connectivity index (χ4v) is 1.66. The molecule has 1 aliphatic heterocycles. The normalized spacial score (nSPS) is 28.3. The summed E-state index contributed by atoms with van der Waals surface area (Å²) in [6.45, 7) is 8.99. The van der Waals surface area contributed by atoms with E-state index in [1.165, 1.54) is 13.0 Å². The Morgan fingerprint density at radius 2 is 2.21 bits per heavy atom. The molecule has 1 rings (SSSR count). The van der Waals surface area contributed by atoms with Gasteiger partial charge in [-0.15, -0.1) is 0 Å². The lowest BCUT2D eigenvalue weighted by molar-refractivity contribution is 0.0121. The molecular weight excluding hydrogens is 176 g/mol. The molecule has 0 aromatic heterocycles. The number of aliphatic hydroxyl groups is 1. The van der Waals surface area contributed by atoms with E-state index in [4.69, 9.17) is 0 Å². The third kappa shape index (κ3) is 3.23. The van der Waals surface area contributed by atoms with Crippen molar-refractivity contribution in [2.24, 2.45) is 5.92 Å². The molecule has 0 radical (unpaired) electrons. The van der Waals surface area contributed by atoms with Crippen molar-refractivity contribution in [2.75, 3.05) is 26.7 Å². The average molecular weight is 200 g/mol. The van der Waals surface area contributed by atoms with Crippen LogP contribution < -0.4 is 5.32 Å². The minimum atomic E-state index is -0.582. The van der Waals surface area contributed by atoms with Crippen molar-refractivity contribution in [3.63, 3.8) is 0 Å². The number of nitrogens with one attached hydrogen (secondary N) is 1. The molecule has 2 unspecified atom stereocenters. The van der Waals surface area contributed by atoms with Gasteiger partial charge in [-0.05, 0) is 32.9 Å². The van der Waals surface area contributed by atoms with Crippen LogP contribution in [-0.4, -0.2) is 48.3 Å². The number of rotatable bonds is 4. The van der Waals surface area contributed by atoms with Crippen molar-refractivity contribution in [1.82, 2.24) is 10.2 Å². The second kappa shape index (κ2) is 4.60. The lowest BCUT2D eigenvalue weighted by Gasteiger charge is -2.29. The molecule has 2 atom stereocenters. The van der Waals surface area contributed by atoms with Crippen LogP contribution >= 0.6 is 0 Å². The number of likely N-dealkylation sites (N-methyl/N-ethyl adjacent to an activating group) is 1. The Hall–Kier alpha value is -0.120. The summed E-state index contributed by atoms with van der Waals surface area (Å²) < 4.78 is 0. The van der Waals surface area contributed by atoms with Crippen LogP contribution in [0, 0.1) is 5.92 Å². The Morgan fingerprint density at radius 1 is 1.57 bits per heavy atom. The molecule has 3 heteroatoms. The van der Waals surface area contributed by atoms with E-state index in [0.29, 0.717) is 18.5 Å². The van der Waals surface area contributed by atoms with Crippen molar-refractivity contribution in [3.8, 4) is 0 Å². The highest BCUT2D eigenvalue weighted by atomic mass is 16.3. The summed E-state index contributed by atoms with van der Waals surface area (Å²) in [5.41, 5.74) is -0.582. The monoisotopic (exact) mass is 200 g/mol. The molecule has 1 fully saturated rings. The largest absolute Gasteiger partial charge is 0.389 e. The molecule has 2 N–H and O–H groups in total. The van der Waals surface area contributed by atoms with Crippen LogP contribution in [0.5, 0.6) is 0 Å². The van der Waals surface area contributed by atoms with Crippen molar-refractivity contribution in [1.29, 1.82) is 0 Å². The van der Waals surface area contributed by atoms with Gasteiger partial charge in [-0.25, -0.2) is 0 Å². The predicted molar refractivity (Wildman–Crippen MR) is 59.4 cm³/mol. The number of hydrogen-bond acceptors (Lipinski definition) is 3. The molecule has 0 aromatic carbocycles. The summed E-state index contributed by atoms with van der Waals surface area (Å²) in [4.78, 5) is 2.32. The first kappa shape index (κ1) is 12.0. The van der Waals surface area contributed by atoms with Gasteiger partial charge in [-0.1, -0.05) is 13.8 Å². The van der Waals surface area contributed by atoms with Crippen LogP contribution in [-0.2, 0) is 0 Å². The molecule has 1 heterocycles. The van der Waals surface area contributed by atoms with Crippen molar-refractivity contribution < 1.29 is 5.11 Å². The number of likely N-dealkylation sites (tertiary alicyclic amines) is 1. The van der Waals surface area contributed by atoms with Crippen LogP contribution in [0.1, 0.15) is 27.2 Å². The summed E-state index contributed by atoms with van der Waals surface area (Å²) in [6.07, 6.45) is 1.20. The Labute approximate surface area is 87.5 Å². The molecule has 0 aliphatic carbocycles. The zero-order valence-electron chi connectivity index (χ0n) is 9.88. The maximum Gasteiger partial charge on any atom is 0.0766 e. The summed E-state index contributed by atoms with van der Waals surface area (Å²) in [5.74, 6) is 0.300. The van der Waals surface area contributed by atoms with Crippen molar-refractivity contribution >= 4 is 0 Å². The van der Waals surface area contributed by atoms with E-state index in [2.05, 4.69) is 31.1 Å². The summed E-state index contributed by atoms with van der Waals surface area (Å²) in [7, 11) is 2.14. The Morgan fingerprint density at radius 3 is 2.64 bits per heavy atom. The van der Waals surface area contributed by atoms with Gasteiger partial charge in [0.15, 0.2) is 0 Å². The lowest BCUT2D eigenvalue weighted by Crippen LogP contribution is -2.46. The molecule has 0 bridgehead atoms. The van der Waals surface area contributed by atoms with Crippen LogP contribution in [0.4, 0.5) is 0 Å². The van der Waals surface area contributed by atoms with Crippen LogP contribution in [0.2, 0.25) is 0 Å². The predicted octanol–water partition coefficient (Wildman–Crippen LogP) is 0.687. The summed E-state index contributed by atoms with van der Waals surface area (Å²) in [6, 6.07) is 0.560. The Kier molecular flexibility index (Phi) is 3.93. The first-order valence-electron chi connectivity index (χ1n) is 5.56.